The minimum Gasteiger partial charge on any atom is -0.356 e. The third kappa shape index (κ3) is 5.60. The first-order chi connectivity index (χ1) is 14.5. The number of carbonyl (C=O) groups is 3. The second-order valence-corrected chi connectivity index (χ2v) is 7.86. The van der Waals surface area contributed by atoms with E-state index in [1.807, 2.05) is 6.92 Å². The van der Waals surface area contributed by atoms with Crippen LogP contribution in [0.15, 0.2) is 48.5 Å². The number of halogens is 1. The number of rotatable bonds is 6. The van der Waals surface area contributed by atoms with E-state index >= 15 is 0 Å². The summed E-state index contributed by atoms with van der Waals surface area (Å²) < 4.78 is 0. The van der Waals surface area contributed by atoms with Crippen LogP contribution in [0.1, 0.15) is 46.9 Å². The topological polar surface area (TPSA) is 78.5 Å². The molecule has 1 fully saturated rings. The average molecular weight is 428 g/mol. The Bertz CT molecular complexity index is 914. The Morgan fingerprint density at radius 3 is 2.60 bits per heavy atom. The van der Waals surface area contributed by atoms with Crippen LogP contribution in [0.2, 0.25) is 5.02 Å². The number of likely N-dealkylation sites (tertiary alicyclic amines) is 1. The van der Waals surface area contributed by atoms with Gasteiger partial charge in [0.25, 0.3) is 11.8 Å². The molecule has 0 spiro atoms. The summed E-state index contributed by atoms with van der Waals surface area (Å²) in [6, 6.07) is 13.5. The zero-order valence-electron chi connectivity index (χ0n) is 17.0. The maximum atomic E-state index is 13.0. The third-order valence-corrected chi connectivity index (χ3v) is 5.35. The van der Waals surface area contributed by atoms with E-state index in [-0.39, 0.29) is 23.6 Å². The summed E-state index contributed by atoms with van der Waals surface area (Å²) in [5, 5.41) is 6.29. The number of anilines is 1. The minimum atomic E-state index is -0.276. The Balaban J connectivity index is 1.66. The van der Waals surface area contributed by atoms with E-state index in [0.29, 0.717) is 41.5 Å². The standard InChI is InChI=1S/C23H26ClN3O3/c1-2-12-25-21(28)18-6-4-13-27(15-18)23(30)17-5-3-7-20(14-17)26-22(29)16-8-10-19(24)11-9-16/h3,5,7-11,14,18H,2,4,6,12-13,15H2,1H3,(H,25,28)(H,26,29)/t18-/m1/s1. The maximum Gasteiger partial charge on any atom is 0.255 e. The van der Waals surface area contributed by atoms with Gasteiger partial charge in [-0.25, -0.2) is 0 Å². The maximum absolute atomic E-state index is 13.0. The van der Waals surface area contributed by atoms with Gasteiger partial charge in [0.05, 0.1) is 5.92 Å². The lowest BCUT2D eigenvalue weighted by molar-refractivity contribution is -0.126. The molecule has 6 nitrogen and oxygen atoms in total. The highest BCUT2D eigenvalue weighted by Gasteiger charge is 2.28. The number of carbonyl (C=O) groups excluding carboxylic acids is 3. The highest BCUT2D eigenvalue weighted by Crippen LogP contribution is 2.21. The molecule has 7 heteroatoms. The molecule has 0 saturated carbocycles. The monoisotopic (exact) mass is 427 g/mol. The van der Waals surface area contributed by atoms with Gasteiger partial charge in [-0.1, -0.05) is 24.6 Å². The van der Waals surface area contributed by atoms with E-state index in [0.717, 1.165) is 19.3 Å². The number of piperidine rings is 1. The molecule has 30 heavy (non-hydrogen) atoms. The Morgan fingerprint density at radius 1 is 1.10 bits per heavy atom. The Morgan fingerprint density at radius 2 is 1.87 bits per heavy atom. The van der Waals surface area contributed by atoms with Gasteiger partial charge in [-0.15, -0.1) is 0 Å². The first-order valence-corrected chi connectivity index (χ1v) is 10.6. The summed E-state index contributed by atoms with van der Waals surface area (Å²) in [5.41, 5.74) is 1.50. The van der Waals surface area contributed by atoms with Crippen molar-refractivity contribution < 1.29 is 14.4 Å². The largest absolute Gasteiger partial charge is 0.356 e. The van der Waals surface area contributed by atoms with Crippen molar-refractivity contribution in [3.8, 4) is 0 Å². The van der Waals surface area contributed by atoms with E-state index in [1.54, 1.807) is 53.4 Å². The van der Waals surface area contributed by atoms with Gasteiger partial charge in [-0.2, -0.15) is 0 Å². The summed E-state index contributed by atoms with van der Waals surface area (Å²) >= 11 is 5.86. The molecule has 0 unspecified atom stereocenters. The van der Waals surface area contributed by atoms with Crippen molar-refractivity contribution in [3.63, 3.8) is 0 Å². The van der Waals surface area contributed by atoms with Gasteiger partial charge >= 0.3 is 0 Å². The molecule has 0 aromatic heterocycles. The molecule has 2 aromatic carbocycles. The highest BCUT2D eigenvalue weighted by molar-refractivity contribution is 6.30. The van der Waals surface area contributed by atoms with Crippen LogP contribution in [0, 0.1) is 5.92 Å². The fraction of sp³-hybridized carbons (Fsp3) is 0.348. The Hall–Kier alpha value is -2.86. The van der Waals surface area contributed by atoms with Crippen LogP contribution in [0.4, 0.5) is 5.69 Å². The van der Waals surface area contributed by atoms with Crippen LogP contribution in [-0.2, 0) is 4.79 Å². The molecule has 0 aliphatic carbocycles. The van der Waals surface area contributed by atoms with Gasteiger partial charge in [-0.3, -0.25) is 14.4 Å². The molecule has 0 bridgehead atoms. The van der Waals surface area contributed by atoms with Gasteiger partial charge in [0.1, 0.15) is 0 Å². The van der Waals surface area contributed by atoms with Gasteiger partial charge in [0, 0.05) is 41.5 Å². The van der Waals surface area contributed by atoms with Gasteiger partial charge in [0.15, 0.2) is 0 Å². The third-order valence-electron chi connectivity index (χ3n) is 5.10. The number of hydrogen-bond acceptors (Lipinski definition) is 3. The van der Waals surface area contributed by atoms with Crippen LogP contribution in [0.5, 0.6) is 0 Å². The number of amides is 3. The lowest BCUT2D eigenvalue weighted by Crippen LogP contribution is -2.45. The lowest BCUT2D eigenvalue weighted by atomic mass is 9.96. The highest BCUT2D eigenvalue weighted by atomic mass is 35.5. The van der Waals surface area contributed by atoms with E-state index in [1.165, 1.54) is 0 Å². The van der Waals surface area contributed by atoms with E-state index < -0.39 is 0 Å². The summed E-state index contributed by atoms with van der Waals surface area (Å²) in [5.74, 6) is -0.576. The van der Waals surface area contributed by atoms with E-state index in [2.05, 4.69) is 10.6 Å². The molecule has 1 aliphatic rings. The van der Waals surface area contributed by atoms with Gasteiger partial charge < -0.3 is 15.5 Å². The quantitative estimate of drug-likeness (QED) is 0.732. The fourth-order valence-corrected chi connectivity index (χ4v) is 3.61. The molecule has 3 amide bonds. The molecular weight excluding hydrogens is 402 g/mol. The molecule has 1 heterocycles. The smallest absolute Gasteiger partial charge is 0.255 e. The summed E-state index contributed by atoms with van der Waals surface area (Å²) in [6.07, 6.45) is 2.47. The molecule has 1 saturated heterocycles. The van der Waals surface area contributed by atoms with Gasteiger partial charge in [-0.05, 0) is 61.7 Å². The number of nitrogens with one attached hydrogen (secondary N) is 2. The van der Waals surface area contributed by atoms with Crippen LogP contribution >= 0.6 is 11.6 Å². The number of benzene rings is 2. The Kier molecular flexibility index (Phi) is 7.46. The second-order valence-electron chi connectivity index (χ2n) is 7.42. The number of nitrogens with zero attached hydrogens (tertiary/aromatic N) is 1. The molecule has 2 N–H and O–H groups in total. The first-order valence-electron chi connectivity index (χ1n) is 10.2. The second kappa shape index (κ2) is 10.3. The van der Waals surface area contributed by atoms with Crippen molar-refractivity contribution in [1.82, 2.24) is 10.2 Å². The summed E-state index contributed by atoms with van der Waals surface area (Å²) in [7, 11) is 0. The average Bonchev–Trinajstić information content (AvgIpc) is 2.77. The molecule has 3 rings (SSSR count). The normalized spacial score (nSPS) is 16.1. The molecule has 158 valence electrons. The van der Waals surface area contributed by atoms with Crippen LogP contribution < -0.4 is 10.6 Å². The fourth-order valence-electron chi connectivity index (χ4n) is 3.49. The predicted molar refractivity (Wildman–Crippen MR) is 118 cm³/mol. The van der Waals surface area contributed by atoms with Crippen molar-refractivity contribution in [3.05, 3.63) is 64.7 Å². The van der Waals surface area contributed by atoms with Gasteiger partial charge in [0.2, 0.25) is 5.91 Å². The number of hydrogen-bond donors (Lipinski definition) is 2. The minimum absolute atomic E-state index is 0.0123. The first kappa shape index (κ1) is 21.8. The summed E-state index contributed by atoms with van der Waals surface area (Å²) in [4.78, 5) is 39.4. The van der Waals surface area contributed by atoms with Crippen molar-refractivity contribution in [1.29, 1.82) is 0 Å². The van der Waals surface area contributed by atoms with Crippen LogP contribution in [0.3, 0.4) is 0 Å². The molecular formula is C23H26ClN3O3. The van der Waals surface area contributed by atoms with Crippen LogP contribution in [0.25, 0.3) is 0 Å². The molecule has 1 aliphatic heterocycles. The zero-order chi connectivity index (χ0) is 21.5. The summed E-state index contributed by atoms with van der Waals surface area (Å²) in [6.45, 7) is 3.70. The molecule has 0 radical (unpaired) electrons. The molecule has 1 atom stereocenters. The SMILES string of the molecule is CCCNC(=O)[C@@H]1CCCN(C(=O)c2cccc(NC(=O)c3ccc(Cl)cc3)c2)C1. The Labute approximate surface area is 181 Å². The predicted octanol–water partition coefficient (Wildman–Crippen LogP) is 3.97. The van der Waals surface area contributed by atoms with Crippen molar-refractivity contribution in [2.75, 3.05) is 25.0 Å². The van der Waals surface area contributed by atoms with Crippen molar-refractivity contribution in [2.24, 2.45) is 5.92 Å². The van der Waals surface area contributed by atoms with E-state index in [9.17, 15) is 14.4 Å². The van der Waals surface area contributed by atoms with Crippen LogP contribution in [-0.4, -0.2) is 42.3 Å². The van der Waals surface area contributed by atoms with E-state index in [4.69, 9.17) is 11.6 Å². The zero-order valence-corrected chi connectivity index (χ0v) is 17.7. The lowest BCUT2D eigenvalue weighted by Gasteiger charge is -2.32. The van der Waals surface area contributed by atoms with Crippen molar-refractivity contribution in [2.45, 2.75) is 26.2 Å². The molecule has 2 aromatic rings. The van der Waals surface area contributed by atoms with Crippen molar-refractivity contribution >= 4 is 35.0 Å².